The maximum absolute atomic E-state index is 11.4. The van der Waals surface area contributed by atoms with Gasteiger partial charge in [0, 0.05) is 30.6 Å². The highest BCUT2D eigenvalue weighted by atomic mass is 32.2. The second kappa shape index (κ2) is 4.47. The molecule has 0 saturated carbocycles. The molecule has 2 aliphatic rings. The van der Waals surface area contributed by atoms with Crippen molar-refractivity contribution in [1.29, 1.82) is 0 Å². The van der Waals surface area contributed by atoms with Crippen LogP contribution in [-0.2, 0) is 9.84 Å². The van der Waals surface area contributed by atoms with Gasteiger partial charge in [0.15, 0.2) is 9.84 Å². The fourth-order valence-electron chi connectivity index (χ4n) is 2.69. The molecule has 92 valence electrons. The number of nitrogens with zero attached hydrogens (tertiary/aromatic N) is 1. The Morgan fingerprint density at radius 1 is 1.44 bits per heavy atom. The van der Waals surface area contributed by atoms with Gasteiger partial charge in [0.1, 0.15) is 0 Å². The highest BCUT2D eigenvalue weighted by Crippen LogP contribution is 2.22. The smallest absolute Gasteiger partial charge is 0.173 e. The lowest BCUT2D eigenvalue weighted by Gasteiger charge is -2.39. The van der Waals surface area contributed by atoms with Crippen LogP contribution in [0, 0.1) is 5.92 Å². The Hall–Kier alpha value is -0.390. The zero-order chi connectivity index (χ0) is 11.8. The summed E-state index contributed by atoms with van der Waals surface area (Å²) in [7, 11) is -0.922. The number of rotatable bonds is 2. The topological polar surface area (TPSA) is 49.4 Å². The summed E-state index contributed by atoms with van der Waals surface area (Å²) in [6.07, 6.45) is 2.93. The summed E-state index contributed by atoms with van der Waals surface area (Å²) in [5.74, 6) is 0.847. The number of sulfone groups is 1. The third-order valence-corrected chi connectivity index (χ3v) is 5.07. The quantitative estimate of drug-likeness (QED) is 0.755. The molecule has 0 aromatic rings. The van der Waals surface area contributed by atoms with E-state index in [0.717, 1.165) is 19.5 Å². The standard InChI is InChI=1S/C11H20N2O2S/c1-9-7-13(5-3-11(9)12-2)10-4-6-16(14,15)8-10/h4,6,9-12H,3,5,7-8H2,1-2H3. The maximum Gasteiger partial charge on any atom is 0.173 e. The van der Waals surface area contributed by atoms with Crippen LogP contribution < -0.4 is 5.32 Å². The Morgan fingerprint density at radius 2 is 2.19 bits per heavy atom. The van der Waals surface area contributed by atoms with E-state index in [4.69, 9.17) is 0 Å². The first-order chi connectivity index (χ1) is 7.52. The van der Waals surface area contributed by atoms with Gasteiger partial charge in [0.05, 0.1) is 5.75 Å². The minimum Gasteiger partial charge on any atom is -0.317 e. The van der Waals surface area contributed by atoms with Crippen molar-refractivity contribution in [3.63, 3.8) is 0 Å². The summed E-state index contributed by atoms with van der Waals surface area (Å²) in [6.45, 7) is 4.19. The molecule has 0 aromatic heterocycles. The van der Waals surface area contributed by atoms with Crippen LogP contribution in [-0.4, -0.2) is 51.3 Å². The number of hydrogen-bond donors (Lipinski definition) is 1. The van der Waals surface area contributed by atoms with Gasteiger partial charge in [-0.3, -0.25) is 4.90 Å². The van der Waals surface area contributed by atoms with E-state index in [1.165, 1.54) is 5.41 Å². The lowest BCUT2D eigenvalue weighted by atomic mass is 9.93. The SMILES string of the molecule is CNC1CCN(C2C=CS(=O)(=O)C2)CC1C. The highest BCUT2D eigenvalue weighted by Gasteiger charge is 2.32. The van der Waals surface area contributed by atoms with Gasteiger partial charge in [-0.05, 0) is 19.4 Å². The average Bonchev–Trinajstić information content (AvgIpc) is 2.59. The lowest BCUT2D eigenvalue weighted by molar-refractivity contribution is 0.134. The molecule has 1 fully saturated rings. The molecule has 0 aromatic carbocycles. The lowest BCUT2D eigenvalue weighted by Crippen LogP contribution is -2.50. The minimum atomic E-state index is -2.92. The molecule has 0 aliphatic carbocycles. The fourth-order valence-corrected chi connectivity index (χ4v) is 4.02. The zero-order valence-electron chi connectivity index (χ0n) is 9.89. The van der Waals surface area contributed by atoms with Crippen LogP contribution in [0.4, 0.5) is 0 Å². The number of likely N-dealkylation sites (tertiary alicyclic amines) is 1. The molecule has 3 unspecified atom stereocenters. The molecular formula is C11H20N2O2S. The van der Waals surface area contributed by atoms with Gasteiger partial charge >= 0.3 is 0 Å². The van der Waals surface area contributed by atoms with Gasteiger partial charge in [-0.1, -0.05) is 13.0 Å². The normalized spacial score (nSPS) is 39.0. The second-order valence-corrected chi connectivity index (χ2v) is 6.81. The van der Waals surface area contributed by atoms with Crippen LogP contribution in [0.15, 0.2) is 11.5 Å². The summed E-state index contributed by atoms with van der Waals surface area (Å²) in [4.78, 5) is 2.29. The van der Waals surface area contributed by atoms with Gasteiger partial charge in [0.25, 0.3) is 0 Å². The van der Waals surface area contributed by atoms with Crippen LogP contribution >= 0.6 is 0 Å². The predicted octanol–water partition coefficient (Wildman–Crippen LogP) is 0.227. The first-order valence-corrected chi connectivity index (χ1v) is 7.55. The molecule has 0 radical (unpaired) electrons. The van der Waals surface area contributed by atoms with Gasteiger partial charge in [0.2, 0.25) is 0 Å². The number of hydrogen-bond acceptors (Lipinski definition) is 4. The van der Waals surface area contributed by atoms with Crippen LogP contribution in [0.5, 0.6) is 0 Å². The van der Waals surface area contributed by atoms with E-state index in [0.29, 0.717) is 12.0 Å². The van der Waals surface area contributed by atoms with E-state index in [2.05, 4.69) is 17.1 Å². The number of piperidine rings is 1. The zero-order valence-corrected chi connectivity index (χ0v) is 10.7. The molecule has 0 amide bonds. The first-order valence-electron chi connectivity index (χ1n) is 5.84. The van der Waals surface area contributed by atoms with E-state index < -0.39 is 9.84 Å². The maximum atomic E-state index is 11.4. The van der Waals surface area contributed by atoms with Crippen molar-refractivity contribution < 1.29 is 8.42 Å². The van der Waals surface area contributed by atoms with Crippen LogP contribution in [0.1, 0.15) is 13.3 Å². The van der Waals surface area contributed by atoms with Crippen molar-refractivity contribution in [2.45, 2.75) is 25.4 Å². The van der Waals surface area contributed by atoms with Crippen LogP contribution in [0.2, 0.25) is 0 Å². The Labute approximate surface area is 97.6 Å². The summed E-state index contributed by atoms with van der Waals surface area (Å²) in [5.41, 5.74) is 0. The van der Waals surface area contributed by atoms with E-state index >= 15 is 0 Å². The van der Waals surface area contributed by atoms with Crippen molar-refractivity contribution in [2.24, 2.45) is 5.92 Å². The van der Waals surface area contributed by atoms with Crippen molar-refractivity contribution >= 4 is 9.84 Å². The largest absolute Gasteiger partial charge is 0.317 e. The fraction of sp³-hybridized carbons (Fsp3) is 0.818. The van der Waals surface area contributed by atoms with E-state index in [1.54, 1.807) is 0 Å². The van der Waals surface area contributed by atoms with Crippen LogP contribution in [0.25, 0.3) is 0 Å². The molecule has 2 rings (SSSR count). The molecule has 16 heavy (non-hydrogen) atoms. The van der Waals surface area contributed by atoms with Gasteiger partial charge in [-0.15, -0.1) is 0 Å². The van der Waals surface area contributed by atoms with Crippen LogP contribution in [0.3, 0.4) is 0 Å². The van der Waals surface area contributed by atoms with Gasteiger partial charge in [-0.2, -0.15) is 0 Å². The molecule has 2 aliphatic heterocycles. The Balaban J connectivity index is 1.97. The minimum absolute atomic E-state index is 0.102. The Kier molecular flexibility index (Phi) is 3.37. The summed E-state index contributed by atoms with van der Waals surface area (Å²) < 4.78 is 22.7. The number of nitrogens with one attached hydrogen (secondary N) is 1. The molecule has 4 nitrogen and oxygen atoms in total. The molecule has 0 spiro atoms. The Morgan fingerprint density at radius 3 is 2.69 bits per heavy atom. The van der Waals surface area contributed by atoms with Crippen molar-refractivity contribution in [2.75, 3.05) is 25.9 Å². The van der Waals surface area contributed by atoms with E-state index in [9.17, 15) is 8.42 Å². The third-order valence-electron chi connectivity index (χ3n) is 3.69. The summed E-state index contributed by atoms with van der Waals surface area (Å²) in [6, 6.07) is 0.670. The van der Waals surface area contributed by atoms with E-state index in [1.807, 2.05) is 13.1 Å². The van der Waals surface area contributed by atoms with Crippen molar-refractivity contribution in [1.82, 2.24) is 10.2 Å². The van der Waals surface area contributed by atoms with Gasteiger partial charge < -0.3 is 5.32 Å². The molecular weight excluding hydrogens is 224 g/mol. The van der Waals surface area contributed by atoms with Gasteiger partial charge in [-0.25, -0.2) is 8.42 Å². The molecule has 1 N–H and O–H groups in total. The molecule has 5 heteroatoms. The summed E-state index contributed by atoms with van der Waals surface area (Å²) in [5, 5.41) is 4.69. The van der Waals surface area contributed by atoms with E-state index in [-0.39, 0.29) is 11.8 Å². The third kappa shape index (κ3) is 2.47. The predicted molar refractivity (Wildman–Crippen MR) is 64.9 cm³/mol. The summed E-state index contributed by atoms with van der Waals surface area (Å²) >= 11 is 0. The van der Waals surface area contributed by atoms with Crippen molar-refractivity contribution in [3.05, 3.63) is 11.5 Å². The molecule has 0 bridgehead atoms. The Bertz CT molecular complexity index is 377. The first kappa shape index (κ1) is 12.1. The monoisotopic (exact) mass is 244 g/mol. The molecule has 1 saturated heterocycles. The van der Waals surface area contributed by atoms with Crippen molar-refractivity contribution in [3.8, 4) is 0 Å². The highest BCUT2D eigenvalue weighted by molar-refractivity contribution is 7.94. The second-order valence-electron chi connectivity index (χ2n) is 4.88. The molecule has 3 atom stereocenters. The average molecular weight is 244 g/mol. The molecule has 2 heterocycles.